The van der Waals surface area contributed by atoms with Crippen molar-refractivity contribution in [3.05, 3.63) is 58.0 Å². The van der Waals surface area contributed by atoms with Crippen molar-refractivity contribution in [1.29, 1.82) is 0 Å². The largest absolute Gasteiger partial charge is 0.468 e. The molecule has 0 saturated carbocycles. The van der Waals surface area contributed by atoms with Crippen LogP contribution in [0.1, 0.15) is 16.9 Å². The maximum atomic E-state index is 5.24. The quantitative estimate of drug-likeness (QED) is 0.925. The Morgan fingerprint density at radius 2 is 2.12 bits per heavy atom. The molecule has 0 radical (unpaired) electrons. The van der Waals surface area contributed by atoms with E-state index in [2.05, 4.69) is 46.4 Å². The maximum absolute atomic E-state index is 5.24. The van der Waals surface area contributed by atoms with Gasteiger partial charge in [0.2, 0.25) is 0 Å². The SMILES string of the molecule is Cc1ccc(CNCc2ccco2)cc1Br. The Labute approximate surface area is 104 Å². The van der Waals surface area contributed by atoms with Crippen LogP contribution in [0, 0.1) is 6.92 Å². The molecule has 0 amide bonds. The van der Waals surface area contributed by atoms with Crippen LogP contribution in [0.15, 0.2) is 45.5 Å². The zero-order chi connectivity index (χ0) is 11.4. The van der Waals surface area contributed by atoms with Crippen molar-refractivity contribution in [3.63, 3.8) is 0 Å². The number of hydrogen-bond acceptors (Lipinski definition) is 2. The van der Waals surface area contributed by atoms with Gasteiger partial charge in [-0.05, 0) is 36.2 Å². The van der Waals surface area contributed by atoms with E-state index in [1.54, 1.807) is 6.26 Å². The number of aryl methyl sites for hydroxylation is 1. The zero-order valence-corrected chi connectivity index (χ0v) is 10.8. The Bertz CT molecular complexity index is 451. The molecular formula is C13H14BrNO. The van der Waals surface area contributed by atoms with E-state index >= 15 is 0 Å². The van der Waals surface area contributed by atoms with Crippen LogP contribution >= 0.6 is 15.9 Å². The summed E-state index contributed by atoms with van der Waals surface area (Å²) in [5.74, 6) is 0.964. The molecule has 0 aliphatic carbocycles. The highest BCUT2D eigenvalue weighted by atomic mass is 79.9. The van der Waals surface area contributed by atoms with Gasteiger partial charge in [-0.15, -0.1) is 0 Å². The van der Waals surface area contributed by atoms with E-state index in [0.29, 0.717) is 0 Å². The van der Waals surface area contributed by atoms with Crippen molar-refractivity contribution >= 4 is 15.9 Å². The van der Waals surface area contributed by atoms with E-state index in [1.807, 2.05) is 12.1 Å². The molecule has 0 spiro atoms. The summed E-state index contributed by atoms with van der Waals surface area (Å²) in [6, 6.07) is 10.3. The number of furan rings is 1. The number of halogens is 1. The third kappa shape index (κ3) is 2.97. The highest BCUT2D eigenvalue weighted by molar-refractivity contribution is 9.10. The fourth-order valence-corrected chi connectivity index (χ4v) is 1.92. The number of nitrogens with one attached hydrogen (secondary N) is 1. The van der Waals surface area contributed by atoms with Crippen molar-refractivity contribution in [2.75, 3.05) is 0 Å². The van der Waals surface area contributed by atoms with Gasteiger partial charge in [0.15, 0.2) is 0 Å². The molecule has 2 nitrogen and oxygen atoms in total. The van der Waals surface area contributed by atoms with Gasteiger partial charge in [-0.2, -0.15) is 0 Å². The van der Waals surface area contributed by atoms with Crippen molar-refractivity contribution in [2.45, 2.75) is 20.0 Å². The molecule has 0 bridgehead atoms. The van der Waals surface area contributed by atoms with E-state index in [9.17, 15) is 0 Å². The van der Waals surface area contributed by atoms with E-state index in [-0.39, 0.29) is 0 Å². The summed E-state index contributed by atoms with van der Waals surface area (Å²) >= 11 is 3.53. The van der Waals surface area contributed by atoms with Gasteiger partial charge in [-0.1, -0.05) is 28.1 Å². The van der Waals surface area contributed by atoms with Gasteiger partial charge < -0.3 is 9.73 Å². The monoisotopic (exact) mass is 279 g/mol. The molecular weight excluding hydrogens is 266 g/mol. The number of rotatable bonds is 4. The average Bonchev–Trinajstić information content (AvgIpc) is 2.76. The molecule has 0 saturated heterocycles. The van der Waals surface area contributed by atoms with Gasteiger partial charge >= 0.3 is 0 Å². The summed E-state index contributed by atoms with van der Waals surface area (Å²) in [4.78, 5) is 0. The maximum Gasteiger partial charge on any atom is 0.117 e. The first-order chi connectivity index (χ1) is 7.75. The van der Waals surface area contributed by atoms with Crippen molar-refractivity contribution in [2.24, 2.45) is 0 Å². The minimum Gasteiger partial charge on any atom is -0.468 e. The van der Waals surface area contributed by atoms with Crippen LogP contribution in [0.2, 0.25) is 0 Å². The smallest absolute Gasteiger partial charge is 0.117 e. The molecule has 0 atom stereocenters. The molecule has 0 aliphatic heterocycles. The first-order valence-corrected chi connectivity index (χ1v) is 6.03. The number of benzene rings is 1. The molecule has 1 N–H and O–H groups in total. The van der Waals surface area contributed by atoms with E-state index in [0.717, 1.165) is 23.3 Å². The van der Waals surface area contributed by atoms with E-state index in [1.165, 1.54) is 11.1 Å². The molecule has 3 heteroatoms. The lowest BCUT2D eigenvalue weighted by atomic mass is 10.1. The fraction of sp³-hybridized carbons (Fsp3) is 0.231. The van der Waals surface area contributed by atoms with Crippen molar-refractivity contribution in [3.8, 4) is 0 Å². The van der Waals surface area contributed by atoms with E-state index < -0.39 is 0 Å². The molecule has 1 aromatic heterocycles. The molecule has 2 rings (SSSR count). The van der Waals surface area contributed by atoms with Gasteiger partial charge in [0.25, 0.3) is 0 Å². The third-order valence-electron chi connectivity index (χ3n) is 2.44. The molecule has 0 aliphatic rings. The van der Waals surface area contributed by atoms with Crippen LogP contribution in [0.5, 0.6) is 0 Å². The molecule has 16 heavy (non-hydrogen) atoms. The Balaban J connectivity index is 1.87. The molecule has 1 aromatic carbocycles. The van der Waals surface area contributed by atoms with Crippen LogP contribution in [-0.4, -0.2) is 0 Å². The predicted octanol–water partition coefficient (Wildman–Crippen LogP) is 3.64. The van der Waals surface area contributed by atoms with Gasteiger partial charge in [0.05, 0.1) is 12.8 Å². The summed E-state index contributed by atoms with van der Waals surface area (Å²) in [5.41, 5.74) is 2.53. The summed E-state index contributed by atoms with van der Waals surface area (Å²) in [6.45, 7) is 3.70. The lowest BCUT2D eigenvalue weighted by Gasteiger charge is -2.05. The molecule has 84 valence electrons. The molecule has 2 aromatic rings. The second-order valence-corrected chi connectivity index (χ2v) is 4.62. The fourth-order valence-electron chi connectivity index (χ4n) is 1.49. The van der Waals surface area contributed by atoms with Crippen LogP contribution in [0.4, 0.5) is 0 Å². The summed E-state index contributed by atoms with van der Waals surface area (Å²) in [6.07, 6.45) is 1.69. The lowest BCUT2D eigenvalue weighted by molar-refractivity contribution is 0.483. The average molecular weight is 280 g/mol. The Kier molecular flexibility index (Phi) is 3.80. The topological polar surface area (TPSA) is 25.2 Å². The zero-order valence-electron chi connectivity index (χ0n) is 9.16. The van der Waals surface area contributed by atoms with Gasteiger partial charge in [-0.25, -0.2) is 0 Å². The molecule has 0 unspecified atom stereocenters. The van der Waals surface area contributed by atoms with Crippen molar-refractivity contribution in [1.82, 2.24) is 5.32 Å². The second kappa shape index (κ2) is 5.32. The van der Waals surface area contributed by atoms with Crippen molar-refractivity contribution < 1.29 is 4.42 Å². The Morgan fingerprint density at radius 1 is 1.25 bits per heavy atom. The summed E-state index contributed by atoms with van der Waals surface area (Å²) in [7, 11) is 0. The first kappa shape index (κ1) is 11.4. The molecule has 0 fully saturated rings. The third-order valence-corrected chi connectivity index (χ3v) is 3.30. The highest BCUT2D eigenvalue weighted by Crippen LogP contribution is 2.17. The Morgan fingerprint density at radius 3 is 2.81 bits per heavy atom. The van der Waals surface area contributed by atoms with E-state index in [4.69, 9.17) is 4.42 Å². The standard InChI is InChI=1S/C13H14BrNO/c1-10-4-5-11(7-13(10)14)8-15-9-12-3-2-6-16-12/h2-7,15H,8-9H2,1H3. The Hall–Kier alpha value is -1.06. The lowest BCUT2D eigenvalue weighted by Crippen LogP contribution is -2.12. The second-order valence-electron chi connectivity index (χ2n) is 3.77. The highest BCUT2D eigenvalue weighted by Gasteiger charge is 1.98. The molecule has 1 heterocycles. The van der Waals surface area contributed by atoms with Gasteiger partial charge in [-0.3, -0.25) is 0 Å². The van der Waals surface area contributed by atoms with Crippen LogP contribution in [-0.2, 0) is 13.1 Å². The van der Waals surface area contributed by atoms with Gasteiger partial charge in [0, 0.05) is 11.0 Å². The van der Waals surface area contributed by atoms with Crippen LogP contribution in [0.3, 0.4) is 0 Å². The minimum absolute atomic E-state index is 0.762. The first-order valence-electron chi connectivity index (χ1n) is 5.24. The van der Waals surface area contributed by atoms with Crippen LogP contribution < -0.4 is 5.32 Å². The normalized spacial score (nSPS) is 10.6. The summed E-state index contributed by atoms with van der Waals surface area (Å²) in [5, 5.41) is 3.34. The predicted molar refractivity (Wildman–Crippen MR) is 68.1 cm³/mol. The number of hydrogen-bond donors (Lipinski definition) is 1. The minimum atomic E-state index is 0.762. The van der Waals surface area contributed by atoms with Gasteiger partial charge in [0.1, 0.15) is 5.76 Å². The summed E-state index contributed by atoms with van der Waals surface area (Å²) < 4.78 is 6.40. The van der Waals surface area contributed by atoms with Crippen LogP contribution in [0.25, 0.3) is 0 Å².